The van der Waals surface area contributed by atoms with Crippen molar-refractivity contribution in [3.63, 3.8) is 0 Å². The van der Waals surface area contributed by atoms with E-state index in [1.54, 1.807) is 0 Å². The molecule has 2 N–H and O–H groups in total. The highest BCUT2D eigenvalue weighted by Gasteiger charge is 2.14. The monoisotopic (exact) mass is 310 g/mol. The molecular weight excluding hydrogens is 297 g/mol. The number of nitrogens with one attached hydrogen (secondary N) is 2. The standard InChI is InChI=1S/C15H13F3N2S/c1-2-9-3-5-10(6-4-9)19-15(21)20-12-8-7-11(16)13(17)14(12)18/h3-8H,2H2,1H3,(H2,19,20,21). The molecule has 0 aromatic heterocycles. The normalized spacial score (nSPS) is 10.3. The minimum atomic E-state index is -1.53. The van der Waals surface area contributed by atoms with Crippen LogP contribution in [0.3, 0.4) is 0 Å². The van der Waals surface area contributed by atoms with Gasteiger partial charge in [0.2, 0.25) is 0 Å². The molecule has 0 saturated heterocycles. The molecular formula is C15H13F3N2S. The van der Waals surface area contributed by atoms with Crippen LogP contribution >= 0.6 is 12.2 Å². The quantitative estimate of drug-likeness (QED) is 0.646. The molecule has 0 atom stereocenters. The molecule has 0 heterocycles. The van der Waals surface area contributed by atoms with E-state index in [1.807, 2.05) is 31.2 Å². The Kier molecular flexibility index (Phi) is 4.80. The molecule has 0 aliphatic rings. The van der Waals surface area contributed by atoms with E-state index in [1.165, 1.54) is 5.56 Å². The Morgan fingerprint density at radius 3 is 2.24 bits per heavy atom. The summed E-state index contributed by atoms with van der Waals surface area (Å²) in [6.45, 7) is 2.04. The summed E-state index contributed by atoms with van der Waals surface area (Å²) in [6.07, 6.45) is 0.920. The Bertz CT molecular complexity index is 657. The van der Waals surface area contributed by atoms with Gasteiger partial charge in [-0.15, -0.1) is 0 Å². The van der Waals surface area contributed by atoms with Gasteiger partial charge in [0.1, 0.15) is 0 Å². The van der Waals surface area contributed by atoms with E-state index in [9.17, 15) is 13.2 Å². The molecule has 0 bridgehead atoms. The lowest BCUT2D eigenvalue weighted by Crippen LogP contribution is -2.20. The van der Waals surface area contributed by atoms with E-state index in [0.717, 1.165) is 18.6 Å². The Morgan fingerprint density at radius 1 is 0.952 bits per heavy atom. The van der Waals surface area contributed by atoms with Gasteiger partial charge < -0.3 is 10.6 Å². The van der Waals surface area contributed by atoms with Gasteiger partial charge in [-0.3, -0.25) is 0 Å². The molecule has 0 spiro atoms. The topological polar surface area (TPSA) is 24.1 Å². The van der Waals surface area contributed by atoms with Crippen molar-refractivity contribution in [3.05, 3.63) is 59.4 Å². The fourth-order valence-electron chi connectivity index (χ4n) is 1.73. The highest BCUT2D eigenvalue weighted by atomic mass is 32.1. The summed E-state index contributed by atoms with van der Waals surface area (Å²) in [5.41, 5.74) is 1.66. The van der Waals surface area contributed by atoms with Crippen molar-refractivity contribution in [2.45, 2.75) is 13.3 Å². The maximum absolute atomic E-state index is 13.5. The van der Waals surface area contributed by atoms with E-state index < -0.39 is 17.5 Å². The number of hydrogen-bond acceptors (Lipinski definition) is 1. The maximum Gasteiger partial charge on any atom is 0.196 e. The Labute approximate surface area is 126 Å². The van der Waals surface area contributed by atoms with Crippen LogP contribution in [-0.4, -0.2) is 5.11 Å². The highest BCUT2D eigenvalue weighted by molar-refractivity contribution is 7.80. The van der Waals surface area contributed by atoms with Crippen molar-refractivity contribution < 1.29 is 13.2 Å². The zero-order valence-corrected chi connectivity index (χ0v) is 12.0. The Morgan fingerprint density at radius 2 is 1.62 bits per heavy atom. The first-order valence-electron chi connectivity index (χ1n) is 6.31. The van der Waals surface area contributed by atoms with Crippen LogP contribution in [0.1, 0.15) is 12.5 Å². The fourth-order valence-corrected chi connectivity index (χ4v) is 1.96. The second kappa shape index (κ2) is 6.58. The third-order valence-electron chi connectivity index (χ3n) is 2.90. The molecule has 2 nitrogen and oxygen atoms in total. The molecule has 2 aromatic rings. The van der Waals surface area contributed by atoms with Crippen molar-refractivity contribution in [3.8, 4) is 0 Å². The fraction of sp³-hybridized carbons (Fsp3) is 0.133. The number of thiocarbonyl (C=S) groups is 1. The molecule has 0 aliphatic carbocycles. The zero-order valence-electron chi connectivity index (χ0n) is 11.2. The second-order valence-electron chi connectivity index (χ2n) is 4.35. The third kappa shape index (κ3) is 3.72. The number of aryl methyl sites for hydroxylation is 1. The summed E-state index contributed by atoms with van der Waals surface area (Å²) in [6, 6.07) is 9.44. The van der Waals surface area contributed by atoms with E-state index >= 15 is 0 Å². The summed E-state index contributed by atoms with van der Waals surface area (Å²) < 4.78 is 39.4. The average molecular weight is 310 g/mol. The summed E-state index contributed by atoms with van der Waals surface area (Å²) >= 11 is 5.01. The van der Waals surface area contributed by atoms with Crippen LogP contribution in [0.2, 0.25) is 0 Å². The average Bonchev–Trinajstić information content (AvgIpc) is 2.49. The van der Waals surface area contributed by atoms with Gasteiger partial charge >= 0.3 is 0 Å². The minimum Gasteiger partial charge on any atom is -0.332 e. The number of hydrogen-bond donors (Lipinski definition) is 2. The van der Waals surface area contributed by atoms with E-state index in [2.05, 4.69) is 10.6 Å². The minimum absolute atomic E-state index is 0.0872. The van der Waals surface area contributed by atoms with Gasteiger partial charge in [-0.25, -0.2) is 13.2 Å². The van der Waals surface area contributed by atoms with Crippen LogP contribution in [0.15, 0.2) is 36.4 Å². The SMILES string of the molecule is CCc1ccc(NC(=S)Nc2ccc(F)c(F)c2F)cc1. The lowest BCUT2D eigenvalue weighted by atomic mass is 10.1. The van der Waals surface area contributed by atoms with Crippen molar-refractivity contribution in [1.29, 1.82) is 0 Å². The molecule has 0 saturated carbocycles. The Balaban J connectivity index is 2.06. The van der Waals surface area contributed by atoms with Crippen molar-refractivity contribution in [1.82, 2.24) is 0 Å². The first kappa shape index (κ1) is 15.3. The van der Waals surface area contributed by atoms with Gasteiger partial charge in [0, 0.05) is 5.69 Å². The molecule has 2 rings (SSSR count). The Hall–Kier alpha value is -2.08. The first-order valence-corrected chi connectivity index (χ1v) is 6.72. The highest BCUT2D eigenvalue weighted by Crippen LogP contribution is 2.20. The van der Waals surface area contributed by atoms with E-state index in [4.69, 9.17) is 12.2 Å². The molecule has 0 unspecified atom stereocenters. The summed E-state index contributed by atoms with van der Waals surface area (Å²) in [7, 11) is 0. The van der Waals surface area contributed by atoms with E-state index in [-0.39, 0.29) is 10.8 Å². The van der Waals surface area contributed by atoms with E-state index in [0.29, 0.717) is 5.69 Å². The van der Waals surface area contributed by atoms with Crippen molar-refractivity contribution in [2.24, 2.45) is 0 Å². The van der Waals surface area contributed by atoms with Gasteiger partial charge in [0.05, 0.1) is 5.69 Å². The molecule has 110 valence electrons. The van der Waals surface area contributed by atoms with Crippen molar-refractivity contribution in [2.75, 3.05) is 10.6 Å². The van der Waals surface area contributed by atoms with Crippen molar-refractivity contribution >= 4 is 28.7 Å². The lowest BCUT2D eigenvalue weighted by molar-refractivity contribution is 0.449. The van der Waals surface area contributed by atoms with Crippen LogP contribution in [0, 0.1) is 17.5 Å². The molecule has 0 radical (unpaired) electrons. The smallest absolute Gasteiger partial charge is 0.196 e. The van der Waals surface area contributed by atoms with Gasteiger partial charge in [0.25, 0.3) is 0 Å². The zero-order chi connectivity index (χ0) is 15.4. The van der Waals surface area contributed by atoms with Gasteiger partial charge in [0.15, 0.2) is 22.6 Å². The van der Waals surface area contributed by atoms with Gasteiger partial charge in [-0.05, 0) is 48.5 Å². The predicted octanol–water partition coefficient (Wildman–Crippen LogP) is 4.48. The number of anilines is 2. The number of benzene rings is 2. The summed E-state index contributed by atoms with van der Waals surface area (Å²) in [5, 5.41) is 5.42. The van der Waals surface area contributed by atoms with Crippen LogP contribution in [0.4, 0.5) is 24.5 Å². The first-order chi connectivity index (χ1) is 10.0. The maximum atomic E-state index is 13.5. The third-order valence-corrected chi connectivity index (χ3v) is 3.11. The lowest BCUT2D eigenvalue weighted by Gasteiger charge is -2.12. The number of rotatable bonds is 3. The predicted molar refractivity (Wildman–Crippen MR) is 82.0 cm³/mol. The number of halogens is 3. The second-order valence-corrected chi connectivity index (χ2v) is 4.76. The summed E-state index contributed by atoms with van der Waals surface area (Å²) in [4.78, 5) is 0. The largest absolute Gasteiger partial charge is 0.332 e. The van der Waals surface area contributed by atoms with Crippen LogP contribution in [0.25, 0.3) is 0 Å². The molecule has 2 aromatic carbocycles. The molecule has 6 heteroatoms. The van der Waals surface area contributed by atoms with Gasteiger partial charge in [-0.1, -0.05) is 19.1 Å². The van der Waals surface area contributed by atoms with Gasteiger partial charge in [-0.2, -0.15) is 0 Å². The molecule has 0 amide bonds. The van der Waals surface area contributed by atoms with Crippen LogP contribution in [-0.2, 0) is 6.42 Å². The van der Waals surface area contributed by atoms with Crippen LogP contribution in [0.5, 0.6) is 0 Å². The molecule has 0 aliphatic heterocycles. The molecule has 21 heavy (non-hydrogen) atoms. The van der Waals surface area contributed by atoms with Crippen LogP contribution < -0.4 is 10.6 Å². The summed E-state index contributed by atoms with van der Waals surface area (Å²) in [5.74, 6) is -4.08. The molecule has 0 fully saturated rings.